The van der Waals surface area contributed by atoms with Gasteiger partial charge in [0.05, 0.1) is 5.69 Å². The van der Waals surface area contributed by atoms with Crippen LogP contribution in [0.15, 0.2) is 18.2 Å². The van der Waals surface area contributed by atoms with Gasteiger partial charge in [-0.25, -0.2) is 0 Å². The molecular weight excluding hydrogens is 274 g/mol. The molecule has 0 aliphatic rings. The van der Waals surface area contributed by atoms with Gasteiger partial charge in [-0.1, -0.05) is 45.7 Å². The summed E-state index contributed by atoms with van der Waals surface area (Å²) in [5.74, 6) is 0.0936. The molecule has 3 nitrogen and oxygen atoms in total. The summed E-state index contributed by atoms with van der Waals surface area (Å²) in [6.45, 7) is 7.73. The highest BCUT2D eigenvalue weighted by Crippen LogP contribution is 2.24. The Balaban J connectivity index is 2.95. The van der Waals surface area contributed by atoms with Crippen LogP contribution in [0.4, 0.5) is 5.69 Å². The van der Waals surface area contributed by atoms with Crippen molar-refractivity contribution < 1.29 is 9.59 Å². The fourth-order valence-corrected chi connectivity index (χ4v) is 1.97. The van der Waals surface area contributed by atoms with Crippen molar-refractivity contribution in [1.82, 2.24) is 0 Å². The normalized spacial score (nSPS) is 12.3. The molecule has 1 rings (SSSR count). The highest BCUT2D eigenvalue weighted by molar-refractivity contribution is 6.31. The summed E-state index contributed by atoms with van der Waals surface area (Å²) in [4.78, 5) is 24.1. The van der Waals surface area contributed by atoms with Crippen LogP contribution in [0.1, 0.15) is 50.9 Å². The smallest absolute Gasteiger partial charge is 0.224 e. The van der Waals surface area contributed by atoms with E-state index in [1.807, 2.05) is 27.7 Å². The molecule has 1 atom stereocenters. The average Bonchev–Trinajstić information content (AvgIpc) is 2.39. The van der Waals surface area contributed by atoms with Crippen LogP contribution in [0.5, 0.6) is 0 Å². The maximum absolute atomic E-state index is 12.2. The van der Waals surface area contributed by atoms with Crippen LogP contribution in [-0.4, -0.2) is 11.7 Å². The van der Waals surface area contributed by atoms with Crippen LogP contribution < -0.4 is 5.32 Å². The van der Waals surface area contributed by atoms with Gasteiger partial charge in [-0.3, -0.25) is 9.59 Å². The molecule has 110 valence electrons. The van der Waals surface area contributed by atoms with Crippen molar-refractivity contribution >= 4 is 29.0 Å². The van der Waals surface area contributed by atoms with E-state index in [0.717, 1.165) is 6.42 Å². The Morgan fingerprint density at radius 3 is 2.45 bits per heavy atom. The van der Waals surface area contributed by atoms with E-state index in [0.29, 0.717) is 28.6 Å². The third kappa shape index (κ3) is 4.64. The van der Waals surface area contributed by atoms with E-state index in [9.17, 15) is 9.59 Å². The number of anilines is 1. The van der Waals surface area contributed by atoms with Gasteiger partial charge in [0.15, 0.2) is 5.78 Å². The second-order valence-corrected chi connectivity index (χ2v) is 5.91. The minimum Gasteiger partial charge on any atom is -0.325 e. The van der Waals surface area contributed by atoms with Crippen molar-refractivity contribution in [2.24, 2.45) is 11.8 Å². The number of Topliss-reactive ketones (excluding diaryl/α,β-unsaturated/α-hetero) is 1. The molecule has 4 heteroatoms. The van der Waals surface area contributed by atoms with Gasteiger partial charge in [0.1, 0.15) is 0 Å². The zero-order valence-electron chi connectivity index (χ0n) is 12.5. The van der Waals surface area contributed by atoms with Crippen LogP contribution in [0, 0.1) is 11.8 Å². The van der Waals surface area contributed by atoms with Gasteiger partial charge in [0.2, 0.25) is 5.91 Å². The molecule has 0 aliphatic carbocycles. The molecule has 1 amide bonds. The number of benzene rings is 1. The summed E-state index contributed by atoms with van der Waals surface area (Å²) in [5, 5.41) is 3.31. The molecule has 0 bridgehead atoms. The molecule has 0 fully saturated rings. The minimum absolute atomic E-state index is 0.0219. The molecule has 1 unspecified atom stereocenters. The van der Waals surface area contributed by atoms with Gasteiger partial charge in [0.25, 0.3) is 0 Å². The highest BCUT2D eigenvalue weighted by Gasteiger charge is 2.17. The molecular formula is C16H22ClNO2. The van der Waals surface area contributed by atoms with Gasteiger partial charge in [0, 0.05) is 22.9 Å². The lowest BCUT2D eigenvalue weighted by Crippen LogP contribution is -2.18. The Morgan fingerprint density at radius 2 is 1.90 bits per heavy atom. The number of carbonyl (C=O) groups excluding carboxylic acids is 2. The molecule has 0 saturated carbocycles. The Morgan fingerprint density at radius 1 is 1.25 bits per heavy atom. The lowest BCUT2D eigenvalue weighted by atomic mass is 9.99. The van der Waals surface area contributed by atoms with Crippen molar-refractivity contribution in [2.75, 3.05) is 5.32 Å². The summed E-state index contributed by atoms with van der Waals surface area (Å²) < 4.78 is 0. The topological polar surface area (TPSA) is 46.2 Å². The van der Waals surface area contributed by atoms with Crippen LogP contribution in [0.2, 0.25) is 5.02 Å². The largest absolute Gasteiger partial charge is 0.325 e. The number of ketones is 1. The molecule has 0 saturated heterocycles. The molecule has 0 aromatic heterocycles. The highest BCUT2D eigenvalue weighted by atomic mass is 35.5. The van der Waals surface area contributed by atoms with Gasteiger partial charge in [-0.2, -0.15) is 0 Å². The Kier molecular flexibility index (Phi) is 6.21. The Bertz CT molecular complexity index is 497. The van der Waals surface area contributed by atoms with E-state index in [1.54, 1.807) is 18.2 Å². The molecule has 0 radical (unpaired) electrons. The average molecular weight is 296 g/mol. The van der Waals surface area contributed by atoms with E-state index in [-0.39, 0.29) is 17.6 Å². The van der Waals surface area contributed by atoms with Crippen molar-refractivity contribution in [2.45, 2.75) is 40.5 Å². The van der Waals surface area contributed by atoms with E-state index < -0.39 is 0 Å². The standard InChI is InChI=1S/C16H22ClNO2/c1-5-11(4)8-15(19)18-14-7-6-12(17)9-13(14)16(20)10(2)3/h6-7,9-11H,5,8H2,1-4H3,(H,18,19). The summed E-state index contributed by atoms with van der Waals surface area (Å²) >= 11 is 5.94. The first-order valence-corrected chi connectivity index (χ1v) is 7.36. The zero-order chi connectivity index (χ0) is 15.3. The molecule has 0 aliphatic heterocycles. The predicted octanol–water partition coefficient (Wildman–Crippen LogP) is 4.55. The first kappa shape index (κ1) is 16.7. The summed E-state index contributed by atoms with van der Waals surface area (Å²) in [5.41, 5.74) is 1.02. The van der Waals surface area contributed by atoms with Crippen LogP contribution in [0.25, 0.3) is 0 Å². The third-order valence-electron chi connectivity index (χ3n) is 3.28. The monoisotopic (exact) mass is 295 g/mol. The number of carbonyl (C=O) groups is 2. The molecule has 20 heavy (non-hydrogen) atoms. The third-order valence-corrected chi connectivity index (χ3v) is 3.51. The number of nitrogens with one attached hydrogen (secondary N) is 1. The second-order valence-electron chi connectivity index (χ2n) is 5.47. The van der Waals surface area contributed by atoms with Gasteiger partial charge >= 0.3 is 0 Å². The van der Waals surface area contributed by atoms with Crippen molar-refractivity contribution in [1.29, 1.82) is 0 Å². The summed E-state index contributed by atoms with van der Waals surface area (Å²) in [7, 11) is 0. The van der Waals surface area contributed by atoms with Gasteiger partial charge in [-0.15, -0.1) is 0 Å². The molecule has 0 spiro atoms. The SMILES string of the molecule is CCC(C)CC(=O)Nc1ccc(Cl)cc1C(=O)C(C)C. The second kappa shape index (κ2) is 7.44. The number of hydrogen-bond donors (Lipinski definition) is 1. The predicted molar refractivity (Wildman–Crippen MR) is 83.3 cm³/mol. The fraction of sp³-hybridized carbons (Fsp3) is 0.500. The van der Waals surface area contributed by atoms with Crippen molar-refractivity contribution in [3.63, 3.8) is 0 Å². The first-order chi connectivity index (χ1) is 9.35. The lowest BCUT2D eigenvalue weighted by molar-refractivity contribution is -0.117. The maximum Gasteiger partial charge on any atom is 0.224 e. The molecule has 0 heterocycles. The molecule has 1 aromatic carbocycles. The van der Waals surface area contributed by atoms with E-state index in [1.165, 1.54) is 0 Å². The van der Waals surface area contributed by atoms with Crippen LogP contribution >= 0.6 is 11.6 Å². The number of amides is 1. The maximum atomic E-state index is 12.2. The van der Waals surface area contributed by atoms with Crippen molar-refractivity contribution in [3.8, 4) is 0 Å². The van der Waals surface area contributed by atoms with Crippen molar-refractivity contribution in [3.05, 3.63) is 28.8 Å². The minimum atomic E-state index is -0.140. The van der Waals surface area contributed by atoms with E-state index >= 15 is 0 Å². The van der Waals surface area contributed by atoms with Gasteiger partial charge < -0.3 is 5.32 Å². The quantitative estimate of drug-likeness (QED) is 0.782. The number of rotatable bonds is 6. The van der Waals surface area contributed by atoms with Crippen LogP contribution in [0.3, 0.4) is 0 Å². The fourth-order valence-electron chi connectivity index (χ4n) is 1.80. The summed E-state index contributed by atoms with van der Waals surface area (Å²) in [6.07, 6.45) is 1.40. The first-order valence-electron chi connectivity index (χ1n) is 6.98. The number of hydrogen-bond acceptors (Lipinski definition) is 2. The zero-order valence-corrected chi connectivity index (χ0v) is 13.3. The van der Waals surface area contributed by atoms with E-state index in [2.05, 4.69) is 5.32 Å². The van der Waals surface area contributed by atoms with E-state index in [4.69, 9.17) is 11.6 Å². The Hall–Kier alpha value is -1.35. The number of halogens is 1. The van der Waals surface area contributed by atoms with Gasteiger partial charge in [-0.05, 0) is 24.1 Å². The Labute approximate surface area is 125 Å². The lowest BCUT2D eigenvalue weighted by Gasteiger charge is -2.14. The molecule has 1 N–H and O–H groups in total. The van der Waals surface area contributed by atoms with Crippen LogP contribution in [-0.2, 0) is 4.79 Å². The molecule has 1 aromatic rings. The summed E-state index contributed by atoms with van der Waals surface area (Å²) in [6, 6.07) is 4.98.